The number of pyridine rings is 3. The number of amides is 1. The largest absolute Gasteiger partial charge is 0.489 e. The number of aromatic nitrogens is 3. The Bertz CT molecular complexity index is 1840. The van der Waals surface area contributed by atoms with E-state index in [1.165, 1.54) is 48.8 Å². The number of fused-ring (bicyclic) bond motifs is 1. The minimum absolute atomic E-state index is 0.106. The van der Waals surface area contributed by atoms with Crippen molar-refractivity contribution in [2.75, 3.05) is 25.6 Å². The number of anilines is 1. The lowest BCUT2D eigenvalue weighted by molar-refractivity contribution is 0.102. The Kier molecular flexibility index (Phi) is 8.21. The van der Waals surface area contributed by atoms with Crippen LogP contribution in [0.2, 0.25) is 0 Å². The van der Waals surface area contributed by atoms with E-state index in [0.717, 1.165) is 6.07 Å². The zero-order valence-corrected chi connectivity index (χ0v) is 23.0. The topological polar surface area (TPSA) is 115 Å². The molecule has 11 heteroatoms. The van der Waals surface area contributed by atoms with Gasteiger partial charge in [0.1, 0.15) is 29.3 Å². The van der Waals surface area contributed by atoms with E-state index in [1.54, 1.807) is 33.1 Å². The van der Waals surface area contributed by atoms with Crippen molar-refractivity contribution < 1.29 is 27.8 Å². The molecule has 0 aliphatic carbocycles. The van der Waals surface area contributed by atoms with Crippen LogP contribution in [-0.2, 0) is 4.74 Å². The van der Waals surface area contributed by atoms with E-state index in [9.17, 15) is 14.0 Å². The maximum Gasteiger partial charge on any atom is 0.261 e. The standard InChI is InChI=1S/C31H26F2N4O5/c1-17-27(19-4-6-20(32)7-5-19)30(38)28(18(2)36-17)31(39)37-21-8-9-25(23(33)14-21)42-26-10-11-34-24-15-22(16-35-29(24)26)41-13-12-40-3/h4-11,14-16H,12-13H2,1-3H3,(H,36,38)(H,37,39). The summed E-state index contributed by atoms with van der Waals surface area (Å²) in [5.41, 5.74) is 1.91. The molecule has 0 atom stereocenters. The SMILES string of the molecule is COCCOc1cnc2c(Oc3ccc(NC(=O)c4c(C)[nH]c(C)c(-c5ccc(F)cc5)c4=O)cc3F)ccnc2c1. The molecule has 0 fully saturated rings. The number of hydrogen-bond acceptors (Lipinski definition) is 7. The van der Waals surface area contributed by atoms with Crippen molar-refractivity contribution in [1.29, 1.82) is 0 Å². The van der Waals surface area contributed by atoms with Crippen molar-refractivity contribution in [3.63, 3.8) is 0 Å². The van der Waals surface area contributed by atoms with Gasteiger partial charge in [-0.2, -0.15) is 0 Å². The number of nitrogens with one attached hydrogen (secondary N) is 2. The molecule has 2 aromatic carbocycles. The van der Waals surface area contributed by atoms with Gasteiger partial charge in [0.2, 0.25) is 5.43 Å². The van der Waals surface area contributed by atoms with Crippen LogP contribution in [0.25, 0.3) is 22.2 Å². The number of ether oxygens (including phenoxy) is 3. The Labute approximate surface area is 239 Å². The molecule has 0 aliphatic heterocycles. The first-order chi connectivity index (χ1) is 20.2. The Hall–Kier alpha value is -5.16. The first kappa shape index (κ1) is 28.4. The fourth-order valence-electron chi connectivity index (χ4n) is 4.47. The van der Waals surface area contributed by atoms with Crippen LogP contribution in [-0.4, -0.2) is 41.2 Å². The van der Waals surface area contributed by atoms with Gasteiger partial charge in [-0.05, 0) is 43.7 Å². The van der Waals surface area contributed by atoms with E-state index < -0.39 is 23.0 Å². The maximum absolute atomic E-state index is 15.1. The molecule has 1 amide bonds. The quantitative estimate of drug-likeness (QED) is 0.210. The summed E-state index contributed by atoms with van der Waals surface area (Å²) in [7, 11) is 1.57. The average molecular weight is 573 g/mol. The van der Waals surface area contributed by atoms with Crippen LogP contribution in [0.1, 0.15) is 21.7 Å². The Morgan fingerprint density at radius 2 is 1.74 bits per heavy atom. The fraction of sp³-hybridized carbons (Fsp3) is 0.161. The van der Waals surface area contributed by atoms with Crippen LogP contribution in [0.4, 0.5) is 14.5 Å². The number of aryl methyl sites for hydroxylation is 2. The second-order valence-electron chi connectivity index (χ2n) is 9.35. The molecule has 5 aromatic rings. The molecule has 0 saturated carbocycles. The summed E-state index contributed by atoms with van der Waals surface area (Å²) in [6.45, 7) is 4.06. The van der Waals surface area contributed by atoms with Crippen molar-refractivity contribution in [3.8, 4) is 28.4 Å². The monoisotopic (exact) mass is 572 g/mol. The number of H-pyrrole nitrogens is 1. The zero-order chi connectivity index (χ0) is 29.8. The molecule has 42 heavy (non-hydrogen) atoms. The summed E-state index contributed by atoms with van der Waals surface area (Å²) in [6, 6.07) is 12.6. The summed E-state index contributed by atoms with van der Waals surface area (Å²) in [6.07, 6.45) is 3.02. The summed E-state index contributed by atoms with van der Waals surface area (Å²) in [5, 5.41) is 2.58. The highest BCUT2D eigenvalue weighted by Crippen LogP contribution is 2.31. The minimum atomic E-state index is -0.751. The van der Waals surface area contributed by atoms with Crippen molar-refractivity contribution in [3.05, 3.63) is 106 Å². The highest BCUT2D eigenvalue weighted by molar-refractivity contribution is 6.05. The van der Waals surface area contributed by atoms with Gasteiger partial charge in [0.15, 0.2) is 17.3 Å². The van der Waals surface area contributed by atoms with Crippen molar-refractivity contribution in [2.45, 2.75) is 13.8 Å². The molecule has 2 N–H and O–H groups in total. The molecule has 0 spiro atoms. The van der Waals surface area contributed by atoms with Gasteiger partial charge in [-0.15, -0.1) is 0 Å². The van der Waals surface area contributed by atoms with Gasteiger partial charge in [0.05, 0.1) is 18.3 Å². The van der Waals surface area contributed by atoms with E-state index >= 15 is 4.39 Å². The first-order valence-corrected chi connectivity index (χ1v) is 12.9. The molecule has 0 bridgehead atoms. The number of halogens is 2. The summed E-state index contributed by atoms with van der Waals surface area (Å²) >= 11 is 0. The highest BCUT2D eigenvalue weighted by atomic mass is 19.1. The van der Waals surface area contributed by atoms with Crippen molar-refractivity contribution in [1.82, 2.24) is 15.0 Å². The second kappa shape index (κ2) is 12.1. The molecule has 0 radical (unpaired) electrons. The molecule has 9 nitrogen and oxygen atoms in total. The van der Waals surface area contributed by atoms with Crippen LogP contribution in [0.15, 0.2) is 71.8 Å². The molecule has 0 saturated heterocycles. The van der Waals surface area contributed by atoms with E-state index in [2.05, 4.69) is 20.3 Å². The summed E-state index contributed by atoms with van der Waals surface area (Å²) in [5.74, 6) is -1.25. The lowest BCUT2D eigenvalue weighted by Crippen LogP contribution is -2.26. The molecule has 0 aliphatic rings. The number of carbonyl (C=O) groups excluding carboxylic acids is 1. The molecule has 5 rings (SSSR count). The van der Waals surface area contributed by atoms with Gasteiger partial charge in [-0.3, -0.25) is 14.6 Å². The molecule has 0 unspecified atom stereocenters. The Morgan fingerprint density at radius 3 is 2.48 bits per heavy atom. The zero-order valence-electron chi connectivity index (χ0n) is 23.0. The van der Waals surface area contributed by atoms with Gasteiger partial charge in [0.25, 0.3) is 5.91 Å². The predicted molar refractivity (Wildman–Crippen MR) is 153 cm³/mol. The number of benzene rings is 2. The average Bonchev–Trinajstić information content (AvgIpc) is 2.95. The minimum Gasteiger partial charge on any atom is -0.489 e. The molecule has 3 aromatic heterocycles. The number of nitrogens with zero attached hydrogens (tertiary/aromatic N) is 2. The number of aromatic amines is 1. The fourth-order valence-corrected chi connectivity index (χ4v) is 4.47. The van der Waals surface area contributed by atoms with Crippen molar-refractivity contribution in [2.24, 2.45) is 0 Å². The third kappa shape index (κ3) is 5.96. The Morgan fingerprint density at radius 1 is 0.952 bits per heavy atom. The first-order valence-electron chi connectivity index (χ1n) is 12.9. The van der Waals surface area contributed by atoms with Crippen LogP contribution in [0.5, 0.6) is 17.2 Å². The second-order valence-corrected chi connectivity index (χ2v) is 9.35. The lowest BCUT2D eigenvalue weighted by Gasteiger charge is -2.13. The predicted octanol–water partition coefficient (Wildman–Crippen LogP) is 5.95. The summed E-state index contributed by atoms with van der Waals surface area (Å²) in [4.78, 5) is 38.2. The van der Waals surface area contributed by atoms with Gasteiger partial charge < -0.3 is 24.5 Å². The number of methoxy groups -OCH3 is 1. The van der Waals surface area contributed by atoms with Crippen LogP contribution in [0.3, 0.4) is 0 Å². The Balaban J connectivity index is 1.36. The van der Waals surface area contributed by atoms with E-state index in [-0.39, 0.29) is 28.3 Å². The number of carbonyl (C=O) groups is 1. The lowest BCUT2D eigenvalue weighted by atomic mass is 9.99. The molecule has 3 heterocycles. The number of hydrogen-bond donors (Lipinski definition) is 2. The third-order valence-corrected chi connectivity index (χ3v) is 6.42. The van der Waals surface area contributed by atoms with Gasteiger partial charge in [-0.25, -0.2) is 13.8 Å². The van der Waals surface area contributed by atoms with Crippen molar-refractivity contribution >= 4 is 22.6 Å². The molecular formula is C31H26F2N4O5. The number of rotatable bonds is 9. The van der Waals surface area contributed by atoms with Gasteiger partial charge >= 0.3 is 0 Å². The molecular weight excluding hydrogens is 546 g/mol. The van der Waals surface area contributed by atoms with Crippen LogP contribution >= 0.6 is 0 Å². The van der Waals surface area contributed by atoms with Gasteiger partial charge in [-0.1, -0.05) is 12.1 Å². The molecule has 214 valence electrons. The van der Waals surface area contributed by atoms with E-state index in [1.807, 2.05) is 0 Å². The van der Waals surface area contributed by atoms with Crippen LogP contribution < -0.4 is 20.2 Å². The van der Waals surface area contributed by atoms with Crippen LogP contribution in [0, 0.1) is 25.5 Å². The van der Waals surface area contributed by atoms with E-state index in [0.29, 0.717) is 46.9 Å². The van der Waals surface area contributed by atoms with Gasteiger partial charge in [0, 0.05) is 54.1 Å². The highest BCUT2D eigenvalue weighted by Gasteiger charge is 2.21. The van der Waals surface area contributed by atoms with E-state index in [4.69, 9.17) is 14.2 Å². The summed E-state index contributed by atoms with van der Waals surface area (Å²) < 4.78 is 44.9. The third-order valence-electron chi connectivity index (χ3n) is 6.42. The normalized spacial score (nSPS) is 11.0. The smallest absolute Gasteiger partial charge is 0.261 e. The maximum atomic E-state index is 15.1.